The van der Waals surface area contributed by atoms with Gasteiger partial charge in [-0.3, -0.25) is 5.43 Å². The van der Waals surface area contributed by atoms with Gasteiger partial charge in [0.2, 0.25) is 0 Å². The molecule has 21 heavy (non-hydrogen) atoms. The van der Waals surface area contributed by atoms with Crippen LogP contribution in [-0.2, 0) is 0 Å². The monoisotopic (exact) mass is 311 g/mol. The summed E-state index contributed by atoms with van der Waals surface area (Å²) in [6.45, 7) is 5.39. The fraction of sp³-hybridized carbons (Fsp3) is 0.625. The van der Waals surface area contributed by atoms with Gasteiger partial charge in [-0.1, -0.05) is 19.1 Å². The molecule has 2 N–H and O–H groups in total. The first kappa shape index (κ1) is 16.7. The van der Waals surface area contributed by atoms with E-state index in [1.54, 1.807) is 0 Å². The molecule has 3 unspecified atom stereocenters. The lowest BCUT2D eigenvalue weighted by atomic mass is 9.94. The van der Waals surface area contributed by atoms with Crippen LogP contribution >= 0.6 is 11.8 Å². The lowest BCUT2D eigenvalue weighted by molar-refractivity contribution is 0.266. The summed E-state index contributed by atoms with van der Waals surface area (Å²) in [5.74, 6) is 0.328. The average Bonchev–Trinajstić information content (AvgIpc) is 2.93. The Kier molecular flexibility index (Phi) is 6.48. The number of thioether (sulfide) groups is 1. The Hall–Kier alpha value is -0.620. The highest BCUT2D eigenvalue weighted by Gasteiger charge is 2.29. The van der Waals surface area contributed by atoms with Crippen molar-refractivity contribution in [1.29, 1.82) is 0 Å². The summed E-state index contributed by atoms with van der Waals surface area (Å²) in [6.07, 6.45) is 3.38. The first-order chi connectivity index (χ1) is 10.1. The molecule has 0 radical (unpaired) electrons. The fourth-order valence-corrected chi connectivity index (χ4v) is 3.08. The molecule has 0 aromatic heterocycles. The Morgan fingerprint density at radius 1 is 1.38 bits per heavy atom. The Bertz CT molecular complexity index is 426. The van der Waals surface area contributed by atoms with Crippen molar-refractivity contribution in [2.24, 2.45) is 5.92 Å². The second-order valence-electron chi connectivity index (χ2n) is 5.91. The lowest BCUT2D eigenvalue weighted by Crippen LogP contribution is -2.31. The molecule has 1 aliphatic rings. The van der Waals surface area contributed by atoms with E-state index in [4.69, 9.17) is 0 Å². The number of nitrogens with zero attached hydrogens (tertiary/aromatic N) is 1. The zero-order valence-electron chi connectivity index (χ0n) is 13.1. The standard InChI is InChI=1S/C16H26FN3S/c1-12(21-3)8-9-20(2)11-14-10-18-19-16(14)13-4-6-15(17)7-5-13/h4-7,12,14,16,18-19H,8-11H2,1-3H3. The molecule has 118 valence electrons. The van der Waals surface area contributed by atoms with E-state index in [2.05, 4.69) is 36.0 Å². The first-order valence-electron chi connectivity index (χ1n) is 7.55. The minimum atomic E-state index is -0.176. The topological polar surface area (TPSA) is 27.3 Å². The number of hydrogen-bond donors (Lipinski definition) is 2. The SMILES string of the molecule is CSC(C)CCN(C)CC1CNNC1c1ccc(F)cc1. The van der Waals surface area contributed by atoms with Crippen LogP contribution in [0.25, 0.3) is 0 Å². The third-order valence-electron chi connectivity index (χ3n) is 4.19. The van der Waals surface area contributed by atoms with Crippen LogP contribution in [0.15, 0.2) is 24.3 Å². The average molecular weight is 311 g/mol. The summed E-state index contributed by atoms with van der Waals surface area (Å²) < 4.78 is 13.0. The Morgan fingerprint density at radius 2 is 2.10 bits per heavy atom. The molecule has 1 aromatic rings. The summed E-state index contributed by atoms with van der Waals surface area (Å²) in [6, 6.07) is 7.09. The van der Waals surface area contributed by atoms with Gasteiger partial charge in [0.15, 0.2) is 0 Å². The molecule has 3 nitrogen and oxygen atoms in total. The zero-order valence-corrected chi connectivity index (χ0v) is 13.9. The van der Waals surface area contributed by atoms with Gasteiger partial charge in [0, 0.05) is 24.3 Å². The van der Waals surface area contributed by atoms with E-state index in [0.29, 0.717) is 11.2 Å². The predicted molar refractivity (Wildman–Crippen MR) is 88.9 cm³/mol. The number of hydrogen-bond acceptors (Lipinski definition) is 4. The maximum absolute atomic E-state index is 13.0. The van der Waals surface area contributed by atoms with E-state index < -0.39 is 0 Å². The van der Waals surface area contributed by atoms with Crippen molar-refractivity contribution in [2.75, 3.05) is 32.9 Å². The maximum Gasteiger partial charge on any atom is 0.123 e. The molecule has 1 heterocycles. The summed E-state index contributed by atoms with van der Waals surface area (Å²) in [5, 5.41) is 0.708. The van der Waals surface area contributed by atoms with Gasteiger partial charge in [0.25, 0.3) is 0 Å². The van der Waals surface area contributed by atoms with Gasteiger partial charge in [-0.2, -0.15) is 11.8 Å². The smallest absolute Gasteiger partial charge is 0.123 e. The van der Waals surface area contributed by atoms with E-state index in [-0.39, 0.29) is 11.9 Å². The number of benzene rings is 1. The summed E-state index contributed by atoms with van der Waals surface area (Å²) in [5.41, 5.74) is 7.71. The molecule has 0 amide bonds. The molecular formula is C16H26FN3S. The largest absolute Gasteiger partial charge is 0.306 e. The second-order valence-corrected chi connectivity index (χ2v) is 7.19. The van der Waals surface area contributed by atoms with Crippen LogP contribution in [0.5, 0.6) is 0 Å². The Morgan fingerprint density at radius 3 is 2.76 bits per heavy atom. The third-order valence-corrected chi connectivity index (χ3v) is 5.23. The molecule has 5 heteroatoms. The molecule has 3 atom stereocenters. The second kappa shape index (κ2) is 8.13. The molecule has 0 bridgehead atoms. The first-order valence-corrected chi connectivity index (χ1v) is 8.84. The number of rotatable bonds is 7. The molecule has 1 aliphatic heterocycles. The Labute approximate surface area is 131 Å². The van der Waals surface area contributed by atoms with Crippen molar-refractivity contribution < 1.29 is 4.39 Å². The van der Waals surface area contributed by atoms with Crippen LogP contribution < -0.4 is 10.9 Å². The van der Waals surface area contributed by atoms with E-state index in [1.807, 2.05) is 23.9 Å². The molecule has 1 saturated heterocycles. The predicted octanol–water partition coefficient (Wildman–Crippen LogP) is 2.66. The van der Waals surface area contributed by atoms with Gasteiger partial charge in [-0.25, -0.2) is 9.82 Å². The van der Waals surface area contributed by atoms with Gasteiger partial charge in [-0.15, -0.1) is 0 Å². The highest BCUT2D eigenvalue weighted by Crippen LogP contribution is 2.25. The minimum absolute atomic E-state index is 0.176. The normalized spacial score (nSPS) is 23.7. The highest BCUT2D eigenvalue weighted by atomic mass is 32.2. The summed E-state index contributed by atoms with van der Waals surface area (Å²) >= 11 is 1.92. The van der Waals surface area contributed by atoms with E-state index >= 15 is 0 Å². The highest BCUT2D eigenvalue weighted by molar-refractivity contribution is 7.99. The van der Waals surface area contributed by atoms with E-state index in [0.717, 1.165) is 25.2 Å². The van der Waals surface area contributed by atoms with Crippen molar-refractivity contribution in [3.8, 4) is 0 Å². The minimum Gasteiger partial charge on any atom is -0.306 e. The van der Waals surface area contributed by atoms with Gasteiger partial charge in [0.05, 0.1) is 6.04 Å². The zero-order chi connectivity index (χ0) is 15.2. The van der Waals surface area contributed by atoms with Crippen LogP contribution in [0.2, 0.25) is 0 Å². The summed E-state index contributed by atoms with van der Waals surface area (Å²) in [7, 11) is 2.19. The lowest BCUT2D eigenvalue weighted by Gasteiger charge is -2.25. The van der Waals surface area contributed by atoms with Crippen molar-refractivity contribution in [3.05, 3.63) is 35.6 Å². The molecule has 1 aromatic carbocycles. The van der Waals surface area contributed by atoms with Crippen molar-refractivity contribution in [2.45, 2.75) is 24.6 Å². The van der Waals surface area contributed by atoms with Crippen LogP contribution in [-0.4, -0.2) is 43.1 Å². The molecule has 0 aliphatic carbocycles. The van der Waals surface area contributed by atoms with Crippen molar-refractivity contribution >= 4 is 11.8 Å². The molecule has 2 rings (SSSR count). The Balaban J connectivity index is 1.88. The van der Waals surface area contributed by atoms with Crippen LogP contribution in [0, 0.1) is 11.7 Å². The molecule has 1 fully saturated rings. The van der Waals surface area contributed by atoms with Gasteiger partial charge in [0.1, 0.15) is 5.82 Å². The number of nitrogens with one attached hydrogen (secondary N) is 2. The van der Waals surface area contributed by atoms with Crippen LogP contribution in [0.1, 0.15) is 24.9 Å². The summed E-state index contributed by atoms with van der Waals surface area (Å²) in [4.78, 5) is 2.41. The van der Waals surface area contributed by atoms with Crippen LogP contribution in [0.4, 0.5) is 4.39 Å². The maximum atomic E-state index is 13.0. The van der Waals surface area contributed by atoms with E-state index in [1.165, 1.54) is 18.6 Å². The fourth-order valence-electron chi connectivity index (χ4n) is 2.74. The molecule has 0 spiro atoms. The quantitative estimate of drug-likeness (QED) is 0.809. The number of hydrazine groups is 1. The molecule has 0 saturated carbocycles. The van der Waals surface area contributed by atoms with Gasteiger partial charge in [-0.05, 0) is 44.0 Å². The van der Waals surface area contributed by atoms with Gasteiger partial charge < -0.3 is 4.90 Å². The van der Waals surface area contributed by atoms with Crippen molar-refractivity contribution in [3.63, 3.8) is 0 Å². The van der Waals surface area contributed by atoms with Crippen LogP contribution in [0.3, 0.4) is 0 Å². The number of halogens is 1. The molecular weight excluding hydrogens is 285 g/mol. The van der Waals surface area contributed by atoms with E-state index in [9.17, 15) is 4.39 Å². The van der Waals surface area contributed by atoms with Crippen molar-refractivity contribution in [1.82, 2.24) is 15.8 Å². The third kappa shape index (κ3) is 4.95. The van der Waals surface area contributed by atoms with Gasteiger partial charge >= 0.3 is 0 Å².